The van der Waals surface area contributed by atoms with Crippen LogP contribution in [0.1, 0.15) is 38.3 Å². The van der Waals surface area contributed by atoms with Gasteiger partial charge in [-0.3, -0.25) is 13.9 Å². The molecule has 1 N–H and O–H groups in total. The minimum absolute atomic E-state index is 0.00402. The first kappa shape index (κ1) is 34.5. The molecule has 0 spiro atoms. The second kappa shape index (κ2) is 16.3. The maximum Gasteiger partial charge on any atom is 0.264 e. The van der Waals surface area contributed by atoms with Crippen LogP contribution in [0.25, 0.3) is 0 Å². The summed E-state index contributed by atoms with van der Waals surface area (Å²) in [6.45, 7) is 5.65. The summed E-state index contributed by atoms with van der Waals surface area (Å²) in [6.07, 6.45) is 0.931. The van der Waals surface area contributed by atoms with Crippen LogP contribution in [0, 0.1) is 0 Å². The smallest absolute Gasteiger partial charge is 0.264 e. The third-order valence-corrected chi connectivity index (χ3v) is 9.58. The van der Waals surface area contributed by atoms with Gasteiger partial charge in [0.2, 0.25) is 11.8 Å². The number of amides is 2. The lowest BCUT2D eigenvalue weighted by molar-refractivity contribution is -0.140. The van der Waals surface area contributed by atoms with Crippen molar-refractivity contribution in [1.29, 1.82) is 0 Å². The van der Waals surface area contributed by atoms with E-state index in [-0.39, 0.29) is 29.8 Å². The van der Waals surface area contributed by atoms with Gasteiger partial charge in [-0.15, -0.1) is 0 Å². The van der Waals surface area contributed by atoms with E-state index in [9.17, 15) is 18.0 Å². The summed E-state index contributed by atoms with van der Waals surface area (Å²) >= 11 is 6.31. The van der Waals surface area contributed by atoms with Crippen molar-refractivity contribution in [3.05, 3.63) is 125 Å². The van der Waals surface area contributed by atoms with Crippen LogP contribution in [0.15, 0.2) is 114 Å². The number of ether oxygens (including phenoxy) is 1. The Morgan fingerprint density at radius 1 is 0.848 bits per heavy atom. The van der Waals surface area contributed by atoms with Crippen LogP contribution in [-0.4, -0.2) is 50.4 Å². The molecule has 0 aliphatic carbocycles. The van der Waals surface area contributed by atoms with E-state index >= 15 is 0 Å². The molecule has 0 aliphatic heterocycles. The minimum atomic E-state index is -4.21. The van der Waals surface area contributed by atoms with Gasteiger partial charge in [0.15, 0.2) is 0 Å². The molecular formula is C36H40ClN3O5S. The summed E-state index contributed by atoms with van der Waals surface area (Å²) in [5, 5.41) is 3.52. The summed E-state index contributed by atoms with van der Waals surface area (Å²) in [5.74, 6) is -0.333. The molecule has 4 rings (SSSR count). The van der Waals surface area contributed by atoms with Crippen LogP contribution in [-0.2, 0) is 32.6 Å². The molecule has 0 bridgehead atoms. The molecule has 0 aliphatic rings. The van der Waals surface area contributed by atoms with E-state index in [0.29, 0.717) is 35.1 Å². The van der Waals surface area contributed by atoms with Crippen molar-refractivity contribution in [2.24, 2.45) is 0 Å². The lowest BCUT2D eigenvalue weighted by Crippen LogP contribution is -2.54. The van der Waals surface area contributed by atoms with Crippen molar-refractivity contribution >= 4 is 39.1 Å². The zero-order valence-corrected chi connectivity index (χ0v) is 27.9. The van der Waals surface area contributed by atoms with Crippen LogP contribution in [0.5, 0.6) is 5.75 Å². The molecule has 10 heteroatoms. The number of nitrogens with zero attached hydrogens (tertiary/aromatic N) is 2. The van der Waals surface area contributed by atoms with Gasteiger partial charge in [0.05, 0.1) is 17.2 Å². The maximum atomic E-state index is 14.5. The van der Waals surface area contributed by atoms with Crippen molar-refractivity contribution in [2.75, 3.05) is 17.5 Å². The lowest BCUT2D eigenvalue weighted by Gasteiger charge is -2.34. The van der Waals surface area contributed by atoms with Gasteiger partial charge in [-0.2, -0.15) is 0 Å². The van der Waals surface area contributed by atoms with Crippen molar-refractivity contribution in [3.8, 4) is 5.75 Å². The van der Waals surface area contributed by atoms with E-state index in [1.165, 1.54) is 17.0 Å². The Kier molecular flexibility index (Phi) is 12.2. The number of carbonyl (C=O) groups excluding carboxylic acids is 2. The number of nitrogens with one attached hydrogen (secondary N) is 1. The average molecular weight is 662 g/mol. The number of carbonyl (C=O) groups is 2. The highest BCUT2D eigenvalue weighted by molar-refractivity contribution is 7.92. The Labute approximate surface area is 277 Å². The average Bonchev–Trinajstić information content (AvgIpc) is 3.06. The quantitative estimate of drug-likeness (QED) is 0.157. The Hall–Kier alpha value is -4.34. The van der Waals surface area contributed by atoms with Gasteiger partial charge < -0.3 is 15.0 Å². The first-order chi connectivity index (χ1) is 22.1. The number of sulfonamides is 1. The molecule has 46 heavy (non-hydrogen) atoms. The standard InChI is InChI=1S/C36H40ClN3O5S/c1-4-27(3)38-36(42)34(24-28-13-8-6-9-14-28)39(25-29-15-12-16-30(37)23-29)35(41)26-40(31-17-10-7-11-18-31)46(43,44)33-21-19-32(20-22-33)45-5-2/h6-23,27,34H,4-5,24-26H2,1-3H3,(H,38,42)/t27-,34-/m1/s1. The Morgan fingerprint density at radius 3 is 2.09 bits per heavy atom. The minimum Gasteiger partial charge on any atom is -0.494 e. The largest absolute Gasteiger partial charge is 0.494 e. The van der Waals surface area contributed by atoms with Crippen molar-refractivity contribution in [1.82, 2.24) is 10.2 Å². The summed E-state index contributed by atoms with van der Waals surface area (Å²) in [6, 6.07) is 30.0. The molecule has 2 atom stereocenters. The molecule has 0 aromatic heterocycles. The van der Waals surface area contributed by atoms with E-state index in [1.54, 1.807) is 60.7 Å². The topological polar surface area (TPSA) is 96.0 Å². The summed E-state index contributed by atoms with van der Waals surface area (Å²) < 4.78 is 34.9. The highest BCUT2D eigenvalue weighted by Crippen LogP contribution is 2.26. The SMILES string of the molecule is CCOc1ccc(S(=O)(=O)N(CC(=O)N(Cc2cccc(Cl)c2)[C@H](Cc2ccccc2)C(=O)N[C@H](C)CC)c2ccccc2)cc1. The fraction of sp³-hybridized carbons (Fsp3) is 0.278. The van der Waals surface area contributed by atoms with Crippen LogP contribution in [0.4, 0.5) is 5.69 Å². The molecule has 4 aromatic carbocycles. The molecule has 0 heterocycles. The number of hydrogen-bond acceptors (Lipinski definition) is 5. The molecule has 2 amide bonds. The van der Waals surface area contributed by atoms with Crippen LogP contribution >= 0.6 is 11.6 Å². The van der Waals surface area contributed by atoms with E-state index in [0.717, 1.165) is 9.87 Å². The van der Waals surface area contributed by atoms with Crippen LogP contribution < -0.4 is 14.4 Å². The Bertz CT molecular complexity index is 1690. The van der Waals surface area contributed by atoms with Crippen LogP contribution in [0.2, 0.25) is 5.02 Å². The van der Waals surface area contributed by atoms with E-state index in [2.05, 4.69) is 5.32 Å². The van der Waals surface area contributed by atoms with Crippen LogP contribution in [0.3, 0.4) is 0 Å². The lowest BCUT2D eigenvalue weighted by atomic mass is 10.0. The first-order valence-corrected chi connectivity index (χ1v) is 17.1. The fourth-order valence-corrected chi connectivity index (χ4v) is 6.58. The molecule has 4 aromatic rings. The van der Waals surface area contributed by atoms with Gasteiger partial charge in [0, 0.05) is 24.0 Å². The molecule has 8 nitrogen and oxygen atoms in total. The molecule has 0 radical (unpaired) electrons. The fourth-order valence-electron chi connectivity index (χ4n) is 4.95. The normalized spacial score (nSPS) is 12.5. The van der Waals surface area contributed by atoms with E-state index in [4.69, 9.17) is 16.3 Å². The first-order valence-electron chi connectivity index (χ1n) is 15.3. The predicted molar refractivity (Wildman–Crippen MR) is 182 cm³/mol. The highest BCUT2D eigenvalue weighted by atomic mass is 35.5. The van der Waals surface area contributed by atoms with E-state index < -0.39 is 28.5 Å². The second-order valence-corrected chi connectivity index (χ2v) is 13.2. The Morgan fingerprint density at radius 2 is 1.48 bits per heavy atom. The molecule has 0 saturated carbocycles. The van der Waals surface area contributed by atoms with Gasteiger partial charge in [-0.05, 0) is 79.9 Å². The van der Waals surface area contributed by atoms with Gasteiger partial charge in [-0.25, -0.2) is 8.42 Å². The number of para-hydroxylation sites is 1. The van der Waals surface area contributed by atoms with Crippen molar-refractivity contribution in [3.63, 3.8) is 0 Å². The van der Waals surface area contributed by atoms with Gasteiger partial charge in [0.25, 0.3) is 10.0 Å². The van der Waals surface area contributed by atoms with Gasteiger partial charge in [-0.1, -0.05) is 79.2 Å². The van der Waals surface area contributed by atoms with Gasteiger partial charge in [0.1, 0.15) is 18.3 Å². The predicted octanol–water partition coefficient (Wildman–Crippen LogP) is 6.49. The Balaban J connectivity index is 1.78. The molecule has 0 saturated heterocycles. The van der Waals surface area contributed by atoms with Crippen molar-refractivity contribution < 1.29 is 22.7 Å². The summed E-state index contributed by atoms with van der Waals surface area (Å²) in [4.78, 5) is 29.9. The molecule has 0 fully saturated rings. The number of benzene rings is 4. The van der Waals surface area contributed by atoms with Gasteiger partial charge >= 0.3 is 0 Å². The number of rotatable bonds is 15. The zero-order valence-electron chi connectivity index (χ0n) is 26.3. The third-order valence-electron chi connectivity index (χ3n) is 7.56. The van der Waals surface area contributed by atoms with E-state index in [1.807, 2.05) is 57.2 Å². The number of anilines is 1. The third kappa shape index (κ3) is 9.11. The monoisotopic (exact) mass is 661 g/mol. The van der Waals surface area contributed by atoms with Crippen molar-refractivity contribution in [2.45, 2.75) is 57.1 Å². The number of hydrogen-bond donors (Lipinski definition) is 1. The highest BCUT2D eigenvalue weighted by Gasteiger charge is 2.35. The summed E-state index contributed by atoms with van der Waals surface area (Å²) in [5.41, 5.74) is 1.88. The number of halogens is 1. The zero-order chi connectivity index (χ0) is 33.1. The molecule has 242 valence electrons. The summed E-state index contributed by atoms with van der Waals surface area (Å²) in [7, 11) is -4.21. The second-order valence-electron chi connectivity index (χ2n) is 10.9. The maximum absolute atomic E-state index is 14.5. The molecular weight excluding hydrogens is 622 g/mol. The molecule has 0 unspecified atom stereocenters.